The number of halogens is 2. The number of nitrogen functional groups attached to an aromatic ring is 1. The van der Waals surface area contributed by atoms with E-state index < -0.39 is 12.0 Å². The average molecular weight is 284 g/mol. The monoisotopic (exact) mass is 284 g/mol. The van der Waals surface area contributed by atoms with Crippen LogP contribution in [0, 0.1) is 0 Å². The van der Waals surface area contributed by atoms with Crippen LogP contribution in [0.25, 0.3) is 10.6 Å². The Bertz CT molecular complexity index is 596. The third-order valence-corrected chi connectivity index (χ3v) is 3.58. The second-order valence-electron chi connectivity index (χ2n) is 4.29. The van der Waals surface area contributed by atoms with Gasteiger partial charge in [-0.25, -0.2) is 18.7 Å². The number of alkyl halides is 2. The molecule has 0 aromatic carbocycles. The van der Waals surface area contributed by atoms with Crippen molar-refractivity contribution in [3.05, 3.63) is 18.5 Å². The summed E-state index contributed by atoms with van der Waals surface area (Å²) < 4.78 is 30.7. The van der Waals surface area contributed by atoms with E-state index in [1.165, 1.54) is 17.5 Å². The maximum absolute atomic E-state index is 12.7. The molecule has 5 nitrogen and oxygen atoms in total. The molecule has 2 N–H and O–H groups in total. The molecule has 3 rings (SSSR count). The lowest BCUT2D eigenvalue weighted by atomic mass is 9.91. The van der Waals surface area contributed by atoms with E-state index in [0.29, 0.717) is 10.8 Å². The van der Waals surface area contributed by atoms with Crippen LogP contribution >= 0.6 is 11.3 Å². The van der Waals surface area contributed by atoms with E-state index in [1.807, 2.05) is 0 Å². The number of thiazole rings is 1. The van der Waals surface area contributed by atoms with Crippen molar-refractivity contribution in [3.8, 4) is 16.6 Å². The number of nitrogens with two attached hydrogens (primary N) is 1. The Labute approximate surface area is 111 Å². The number of hydrogen-bond acceptors (Lipinski definition) is 6. The van der Waals surface area contributed by atoms with Crippen molar-refractivity contribution >= 4 is 16.5 Å². The van der Waals surface area contributed by atoms with Crippen LogP contribution in [0.3, 0.4) is 0 Å². The fourth-order valence-corrected chi connectivity index (χ4v) is 2.43. The van der Waals surface area contributed by atoms with E-state index in [2.05, 4.69) is 15.0 Å². The summed E-state index contributed by atoms with van der Waals surface area (Å²) in [5.74, 6) is -2.62. The summed E-state index contributed by atoms with van der Waals surface area (Å²) in [5, 5.41) is 0.440. The fourth-order valence-electron chi connectivity index (χ4n) is 1.78. The molecule has 0 spiro atoms. The van der Waals surface area contributed by atoms with Crippen LogP contribution < -0.4 is 10.5 Å². The molecule has 8 heteroatoms. The lowest BCUT2D eigenvalue weighted by Crippen LogP contribution is -2.43. The van der Waals surface area contributed by atoms with Gasteiger partial charge in [0.15, 0.2) is 5.13 Å². The number of hydrogen-bond donors (Lipinski definition) is 1. The molecule has 2 heterocycles. The van der Waals surface area contributed by atoms with Crippen LogP contribution in [-0.2, 0) is 0 Å². The van der Waals surface area contributed by atoms with Crippen LogP contribution in [0.4, 0.5) is 13.9 Å². The zero-order chi connectivity index (χ0) is 13.5. The minimum atomic E-state index is -2.62. The third kappa shape index (κ3) is 2.62. The standard InChI is InChI=1S/C11H10F2N4OS/c12-11(13)3-6(4-11)18-10-15-2-1-7(17-10)8-5-16-9(14)19-8/h1-2,5-6H,3-4H2,(H2,14,16). The number of ether oxygens (including phenoxy) is 1. The maximum Gasteiger partial charge on any atom is 0.317 e. The summed E-state index contributed by atoms with van der Waals surface area (Å²) >= 11 is 1.29. The minimum Gasteiger partial charge on any atom is -0.460 e. The molecule has 1 aliphatic carbocycles. The van der Waals surface area contributed by atoms with Gasteiger partial charge in [-0.2, -0.15) is 4.98 Å². The van der Waals surface area contributed by atoms with Gasteiger partial charge in [-0.15, -0.1) is 0 Å². The normalized spacial score (nSPS) is 18.0. The Morgan fingerprint density at radius 2 is 2.16 bits per heavy atom. The highest BCUT2D eigenvalue weighted by Gasteiger charge is 2.47. The molecule has 0 atom stereocenters. The molecular weight excluding hydrogens is 274 g/mol. The quantitative estimate of drug-likeness (QED) is 0.936. The Morgan fingerprint density at radius 3 is 2.79 bits per heavy atom. The maximum atomic E-state index is 12.7. The highest BCUT2D eigenvalue weighted by Crippen LogP contribution is 2.39. The highest BCUT2D eigenvalue weighted by atomic mass is 32.1. The van der Waals surface area contributed by atoms with E-state index in [0.717, 1.165) is 4.88 Å². The zero-order valence-electron chi connectivity index (χ0n) is 9.72. The number of aromatic nitrogens is 3. The summed E-state index contributed by atoms with van der Waals surface area (Å²) in [6, 6.07) is 1.79. The van der Waals surface area contributed by atoms with E-state index >= 15 is 0 Å². The molecule has 19 heavy (non-hydrogen) atoms. The molecule has 0 bridgehead atoms. The van der Waals surface area contributed by atoms with Gasteiger partial charge < -0.3 is 10.5 Å². The summed E-state index contributed by atoms with van der Waals surface area (Å²) in [6.07, 6.45) is 2.03. The number of nitrogens with zero attached hydrogens (tertiary/aromatic N) is 3. The molecule has 2 aromatic heterocycles. The highest BCUT2D eigenvalue weighted by molar-refractivity contribution is 7.18. The molecule has 0 saturated heterocycles. The number of rotatable bonds is 3. The Kier molecular flexibility index (Phi) is 2.81. The Balaban J connectivity index is 1.74. The Hall–Kier alpha value is -1.83. The third-order valence-electron chi connectivity index (χ3n) is 2.73. The topological polar surface area (TPSA) is 73.9 Å². The van der Waals surface area contributed by atoms with Gasteiger partial charge in [0.2, 0.25) is 0 Å². The lowest BCUT2D eigenvalue weighted by molar-refractivity contribution is -0.136. The van der Waals surface area contributed by atoms with Gasteiger partial charge in [-0.1, -0.05) is 11.3 Å². The lowest BCUT2D eigenvalue weighted by Gasteiger charge is -2.33. The van der Waals surface area contributed by atoms with Gasteiger partial charge in [-0.3, -0.25) is 0 Å². The number of anilines is 1. The first-order valence-electron chi connectivity index (χ1n) is 5.61. The van der Waals surface area contributed by atoms with Crippen molar-refractivity contribution in [3.63, 3.8) is 0 Å². The zero-order valence-corrected chi connectivity index (χ0v) is 10.5. The second-order valence-corrected chi connectivity index (χ2v) is 5.35. The summed E-state index contributed by atoms with van der Waals surface area (Å²) in [5.41, 5.74) is 6.16. The van der Waals surface area contributed by atoms with E-state index in [9.17, 15) is 8.78 Å². The van der Waals surface area contributed by atoms with E-state index in [1.54, 1.807) is 12.3 Å². The van der Waals surface area contributed by atoms with Crippen molar-refractivity contribution in [2.45, 2.75) is 24.9 Å². The first kappa shape index (κ1) is 12.2. The second kappa shape index (κ2) is 4.37. The van der Waals surface area contributed by atoms with Gasteiger partial charge in [-0.05, 0) is 6.07 Å². The average Bonchev–Trinajstić information content (AvgIpc) is 2.74. The molecule has 100 valence electrons. The van der Waals surface area contributed by atoms with Gasteiger partial charge in [0, 0.05) is 25.2 Å². The van der Waals surface area contributed by atoms with Crippen LogP contribution in [0.15, 0.2) is 18.5 Å². The van der Waals surface area contributed by atoms with Gasteiger partial charge in [0.1, 0.15) is 6.10 Å². The smallest absolute Gasteiger partial charge is 0.317 e. The molecule has 1 saturated carbocycles. The first-order valence-corrected chi connectivity index (χ1v) is 6.43. The fraction of sp³-hybridized carbons (Fsp3) is 0.364. The van der Waals surface area contributed by atoms with Crippen molar-refractivity contribution in [2.24, 2.45) is 0 Å². The molecule has 1 fully saturated rings. The van der Waals surface area contributed by atoms with Crippen LogP contribution in [-0.4, -0.2) is 27.0 Å². The molecule has 2 aromatic rings. The SMILES string of the molecule is Nc1ncc(-c2ccnc(OC3CC(F)(F)C3)n2)s1. The molecule has 1 aliphatic rings. The predicted octanol–water partition coefficient (Wildman–Crippen LogP) is 2.36. The van der Waals surface area contributed by atoms with E-state index in [-0.39, 0.29) is 18.9 Å². The Morgan fingerprint density at radius 1 is 1.37 bits per heavy atom. The summed E-state index contributed by atoms with van der Waals surface area (Å²) in [6.45, 7) is 0. The van der Waals surface area contributed by atoms with Crippen LogP contribution in [0.2, 0.25) is 0 Å². The molecular formula is C11H10F2N4OS. The van der Waals surface area contributed by atoms with Gasteiger partial charge in [0.05, 0.1) is 10.6 Å². The first-order chi connectivity index (χ1) is 9.02. The van der Waals surface area contributed by atoms with Crippen molar-refractivity contribution in [2.75, 3.05) is 5.73 Å². The summed E-state index contributed by atoms with van der Waals surface area (Å²) in [7, 11) is 0. The van der Waals surface area contributed by atoms with Gasteiger partial charge in [0.25, 0.3) is 5.92 Å². The molecule has 0 aliphatic heterocycles. The molecule has 0 unspecified atom stereocenters. The summed E-state index contributed by atoms with van der Waals surface area (Å²) in [4.78, 5) is 12.8. The molecule has 0 amide bonds. The minimum absolute atomic E-state index is 0.102. The van der Waals surface area contributed by atoms with Crippen molar-refractivity contribution in [1.29, 1.82) is 0 Å². The van der Waals surface area contributed by atoms with Crippen molar-refractivity contribution < 1.29 is 13.5 Å². The van der Waals surface area contributed by atoms with Gasteiger partial charge >= 0.3 is 6.01 Å². The van der Waals surface area contributed by atoms with Crippen LogP contribution in [0.1, 0.15) is 12.8 Å². The largest absolute Gasteiger partial charge is 0.460 e. The predicted molar refractivity (Wildman–Crippen MR) is 66.1 cm³/mol. The molecule has 0 radical (unpaired) electrons. The van der Waals surface area contributed by atoms with Crippen LogP contribution in [0.5, 0.6) is 6.01 Å². The van der Waals surface area contributed by atoms with Crippen molar-refractivity contribution in [1.82, 2.24) is 15.0 Å². The van der Waals surface area contributed by atoms with E-state index in [4.69, 9.17) is 10.5 Å².